The highest BCUT2D eigenvalue weighted by molar-refractivity contribution is 7.14. The number of halogens is 1. The third-order valence-electron chi connectivity index (χ3n) is 3.83. The Kier molecular flexibility index (Phi) is 6.28. The summed E-state index contributed by atoms with van der Waals surface area (Å²) in [6.07, 6.45) is 2.01. The van der Waals surface area contributed by atoms with Gasteiger partial charge < -0.3 is 10.3 Å². The fraction of sp³-hybridized carbons (Fsp3) is 0.158. The summed E-state index contributed by atoms with van der Waals surface area (Å²) in [7, 11) is 0. The number of nitrogens with one attached hydrogen (secondary N) is 3. The van der Waals surface area contributed by atoms with Gasteiger partial charge in [0.1, 0.15) is 5.82 Å². The number of pyridine rings is 1. The largest absolute Gasteiger partial charge is 0.352 e. The first-order valence-corrected chi connectivity index (χ1v) is 9.33. The van der Waals surface area contributed by atoms with Crippen LogP contribution in [0.15, 0.2) is 52.8 Å². The summed E-state index contributed by atoms with van der Waals surface area (Å²) in [5.74, 6) is -0.840. The van der Waals surface area contributed by atoms with Gasteiger partial charge >= 0.3 is 0 Å². The van der Waals surface area contributed by atoms with Gasteiger partial charge in [-0.25, -0.2) is 9.37 Å². The predicted octanol–water partition coefficient (Wildman–Crippen LogP) is 2.47. The number of aryl methyl sites for hydroxylation is 1. The number of hydrogen-bond donors (Lipinski definition) is 3. The van der Waals surface area contributed by atoms with E-state index in [2.05, 4.69) is 20.6 Å². The molecular formula is C19H17FN4O3S. The van der Waals surface area contributed by atoms with Crippen molar-refractivity contribution in [1.82, 2.24) is 15.3 Å². The quantitative estimate of drug-likeness (QED) is 0.567. The number of aromatic nitrogens is 2. The molecule has 0 saturated carbocycles. The van der Waals surface area contributed by atoms with Gasteiger partial charge in [0.15, 0.2) is 5.13 Å². The van der Waals surface area contributed by atoms with Crippen LogP contribution in [0.3, 0.4) is 0 Å². The van der Waals surface area contributed by atoms with Crippen molar-refractivity contribution in [3.63, 3.8) is 0 Å². The number of hydrogen-bond acceptors (Lipinski definition) is 5. The standard InChI is InChI=1S/C19H17FN4O3S/c20-14-4-1-12(2-5-14)9-21-17(26)8-6-15-11-28-19(23-15)24-18(27)13-3-7-16(25)22-10-13/h1-5,7,10-11H,6,8-9H2,(H,21,26)(H,22,25)(H,23,24,27). The SMILES string of the molecule is O=C(CCc1csc(NC(=O)c2ccc(=O)[nH]c2)n1)NCc1ccc(F)cc1. The summed E-state index contributed by atoms with van der Waals surface area (Å²) in [6, 6.07) is 8.63. The summed E-state index contributed by atoms with van der Waals surface area (Å²) in [5, 5.41) is 7.61. The van der Waals surface area contributed by atoms with Gasteiger partial charge in [-0.3, -0.25) is 19.7 Å². The van der Waals surface area contributed by atoms with Crippen LogP contribution in [-0.4, -0.2) is 21.8 Å². The van der Waals surface area contributed by atoms with Crippen molar-refractivity contribution in [2.24, 2.45) is 0 Å². The van der Waals surface area contributed by atoms with Crippen LogP contribution < -0.4 is 16.2 Å². The number of thiazole rings is 1. The lowest BCUT2D eigenvalue weighted by Gasteiger charge is -2.04. The molecule has 0 bridgehead atoms. The van der Waals surface area contributed by atoms with Crippen LogP contribution in [0.4, 0.5) is 9.52 Å². The van der Waals surface area contributed by atoms with Crippen molar-refractivity contribution in [2.75, 3.05) is 5.32 Å². The van der Waals surface area contributed by atoms with Gasteiger partial charge in [-0.15, -0.1) is 11.3 Å². The molecule has 3 rings (SSSR count). The zero-order valence-electron chi connectivity index (χ0n) is 14.7. The molecule has 0 aliphatic heterocycles. The second kappa shape index (κ2) is 9.05. The van der Waals surface area contributed by atoms with Crippen LogP contribution in [0.25, 0.3) is 0 Å². The Morgan fingerprint density at radius 3 is 2.64 bits per heavy atom. The molecule has 0 unspecified atom stereocenters. The lowest BCUT2D eigenvalue weighted by molar-refractivity contribution is -0.121. The molecule has 7 nitrogen and oxygen atoms in total. The zero-order chi connectivity index (χ0) is 19.9. The molecule has 3 aromatic rings. The highest BCUT2D eigenvalue weighted by atomic mass is 32.1. The van der Waals surface area contributed by atoms with Gasteiger partial charge in [0.25, 0.3) is 5.91 Å². The molecule has 144 valence electrons. The van der Waals surface area contributed by atoms with E-state index in [1.165, 1.54) is 41.8 Å². The number of benzene rings is 1. The third kappa shape index (κ3) is 5.58. The minimum Gasteiger partial charge on any atom is -0.352 e. The van der Waals surface area contributed by atoms with E-state index in [1.54, 1.807) is 17.5 Å². The van der Waals surface area contributed by atoms with Gasteiger partial charge in [-0.1, -0.05) is 12.1 Å². The van der Waals surface area contributed by atoms with Crippen LogP contribution in [0.5, 0.6) is 0 Å². The first kappa shape index (κ1) is 19.4. The van der Waals surface area contributed by atoms with E-state index < -0.39 is 0 Å². The van der Waals surface area contributed by atoms with Gasteiger partial charge in [-0.05, 0) is 30.2 Å². The Morgan fingerprint density at radius 2 is 1.93 bits per heavy atom. The third-order valence-corrected chi connectivity index (χ3v) is 4.64. The molecule has 1 aromatic carbocycles. The van der Waals surface area contributed by atoms with Crippen molar-refractivity contribution >= 4 is 28.3 Å². The maximum absolute atomic E-state index is 12.9. The summed E-state index contributed by atoms with van der Waals surface area (Å²) >= 11 is 1.26. The molecule has 3 N–H and O–H groups in total. The Bertz CT molecular complexity index is 1010. The van der Waals surface area contributed by atoms with Crippen LogP contribution in [0.1, 0.15) is 28.0 Å². The van der Waals surface area contributed by atoms with Crippen LogP contribution in [0, 0.1) is 5.82 Å². The summed E-state index contributed by atoms with van der Waals surface area (Å²) in [4.78, 5) is 41.8. The molecule has 0 saturated heterocycles. The molecule has 0 aliphatic carbocycles. The average molecular weight is 400 g/mol. The lowest BCUT2D eigenvalue weighted by atomic mass is 10.2. The Labute approximate surface area is 163 Å². The lowest BCUT2D eigenvalue weighted by Crippen LogP contribution is -2.23. The molecule has 0 fully saturated rings. The molecule has 28 heavy (non-hydrogen) atoms. The zero-order valence-corrected chi connectivity index (χ0v) is 15.5. The van der Waals surface area contributed by atoms with E-state index in [-0.39, 0.29) is 29.6 Å². The molecule has 2 aromatic heterocycles. The average Bonchev–Trinajstić information content (AvgIpc) is 3.13. The smallest absolute Gasteiger partial charge is 0.258 e. The fourth-order valence-electron chi connectivity index (χ4n) is 2.33. The Hall–Kier alpha value is -3.33. The minimum absolute atomic E-state index is 0.142. The summed E-state index contributed by atoms with van der Waals surface area (Å²) < 4.78 is 12.9. The topological polar surface area (TPSA) is 104 Å². The molecule has 2 amide bonds. The summed E-state index contributed by atoms with van der Waals surface area (Å²) in [6.45, 7) is 0.330. The van der Waals surface area contributed by atoms with Crippen molar-refractivity contribution in [1.29, 1.82) is 0 Å². The van der Waals surface area contributed by atoms with Crippen LogP contribution >= 0.6 is 11.3 Å². The van der Waals surface area contributed by atoms with Gasteiger partial charge in [-0.2, -0.15) is 0 Å². The monoisotopic (exact) mass is 400 g/mol. The molecule has 0 aliphatic rings. The first-order valence-electron chi connectivity index (χ1n) is 8.45. The molecule has 2 heterocycles. The van der Waals surface area contributed by atoms with Crippen molar-refractivity contribution < 1.29 is 14.0 Å². The van der Waals surface area contributed by atoms with E-state index in [0.717, 1.165) is 5.56 Å². The maximum Gasteiger partial charge on any atom is 0.258 e. The van der Waals surface area contributed by atoms with E-state index in [1.807, 2.05) is 0 Å². The van der Waals surface area contributed by atoms with E-state index >= 15 is 0 Å². The number of carbonyl (C=O) groups excluding carboxylic acids is 2. The summed E-state index contributed by atoms with van der Waals surface area (Å²) in [5.41, 5.74) is 1.54. The van der Waals surface area contributed by atoms with Crippen molar-refractivity contribution in [3.8, 4) is 0 Å². The number of aromatic amines is 1. The highest BCUT2D eigenvalue weighted by Crippen LogP contribution is 2.17. The van der Waals surface area contributed by atoms with Gasteiger partial charge in [0.2, 0.25) is 11.5 Å². The number of H-pyrrole nitrogens is 1. The molecule has 0 spiro atoms. The van der Waals surface area contributed by atoms with Crippen molar-refractivity contribution in [2.45, 2.75) is 19.4 Å². The second-order valence-corrected chi connectivity index (χ2v) is 6.80. The van der Waals surface area contributed by atoms with E-state index in [4.69, 9.17) is 0 Å². The number of carbonyl (C=O) groups is 2. The van der Waals surface area contributed by atoms with Crippen LogP contribution in [-0.2, 0) is 17.8 Å². The van der Waals surface area contributed by atoms with Crippen molar-refractivity contribution in [3.05, 3.63) is 81.0 Å². The molecule has 0 radical (unpaired) electrons. The number of nitrogens with zero attached hydrogens (tertiary/aromatic N) is 1. The maximum atomic E-state index is 12.9. The van der Waals surface area contributed by atoms with Gasteiger partial charge in [0.05, 0.1) is 11.3 Å². The van der Waals surface area contributed by atoms with Crippen LogP contribution in [0.2, 0.25) is 0 Å². The Balaban J connectivity index is 1.45. The minimum atomic E-state index is -0.380. The fourth-order valence-corrected chi connectivity index (χ4v) is 3.07. The predicted molar refractivity (Wildman–Crippen MR) is 104 cm³/mol. The second-order valence-electron chi connectivity index (χ2n) is 5.94. The molecule has 0 atom stereocenters. The number of anilines is 1. The Morgan fingerprint density at radius 1 is 1.14 bits per heavy atom. The number of amides is 2. The molecular weight excluding hydrogens is 383 g/mol. The normalized spacial score (nSPS) is 10.5. The van der Waals surface area contributed by atoms with E-state index in [9.17, 15) is 18.8 Å². The van der Waals surface area contributed by atoms with E-state index in [0.29, 0.717) is 29.4 Å². The first-order chi connectivity index (χ1) is 13.5. The highest BCUT2D eigenvalue weighted by Gasteiger charge is 2.10. The molecule has 9 heteroatoms. The van der Waals surface area contributed by atoms with Gasteiger partial charge in [0, 0.05) is 30.6 Å². The number of rotatable bonds is 7.